The van der Waals surface area contributed by atoms with Gasteiger partial charge in [-0.25, -0.2) is 0 Å². The smallest absolute Gasteiger partial charge is 0.150 e. The lowest BCUT2D eigenvalue weighted by Gasteiger charge is -1.81. The van der Waals surface area contributed by atoms with E-state index in [-0.39, 0.29) is 0 Å². The predicted molar refractivity (Wildman–Crippen MR) is 87.1 cm³/mol. The highest BCUT2D eigenvalue weighted by Crippen LogP contribution is 1.92. The monoisotopic (exact) mass is 300 g/mol. The van der Waals surface area contributed by atoms with Crippen molar-refractivity contribution in [2.45, 2.75) is 13.8 Å². The molecule has 4 nitrogen and oxygen atoms in total. The minimum atomic E-state index is 0.729. The summed E-state index contributed by atoms with van der Waals surface area (Å²) >= 11 is 0. The maximum Gasteiger partial charge on any atom is 0.150 e. The van der Waals surface area contributed by atoms with Crippen molar-refractivity contribution in [3.8, 4) is 0 Å². The third-order valence-electron chi connectivity index (χ3n) is 1.87. The first-order valence-corrected chi connectivity index (χ1v) is 6.50. The molecule has 0 fully saturated rings. The molecule has 22 heavy (non-hydrogen) atoms. The number of aldehydes is 4. The first-order chi connectivity index (χ1) is 10.7. The summed E-state index contributed by atoms with van der Waals surface area (Å²) in [5, 5.41) is 0. The number of hydrogen-bond donors (Lipinski definition) is 0. The van der Waals surface area contributed by atoms with Gasteiger partial charge < -0.3 is 9.59 Å². The first kappa shape index (κ1) is 21.4. The zero-order valence-electron chi connectivity index (χ0n) is 12.7. The molecule has 0 heterocycles. The van der Waals surface area contributed by atoms with Crippen LogP contribution in [-0.4, -0.2) is 25.1 Å². The van der Waals surface area contributed by atoms with Crippen LogP contribution < -0.4 is 0 Å². The van der Waals surface area contributed by atoms with E-state index in [2.05, 4.69) is 0 Å². The Morgan fingerprint density at radius 1 is 0.545 bits per heavy atom. The molecule has 0 saturated carbocycles. The fourth-order valence-electron chi connectivity index (χ4n) is 1.06. The van der Waals surface area contributed by atoms with Crippen LogP contribution in [0.1, 0.15) is 34.6 Å². The minimum Gasteiger partial charge on any atom is -0.304 e. The van der Waals surface area contributed by atoms with Crippen molar-refractivity contribution in [1.82, 2.24) is 0 Å². The summed E-state index contributed by atoms with van der Waals surface area (Å²) in [6.45, 7) is 2.89. The van der Waals surface area contributed by atoms with Crippen molar-refractivity contribution in [2.24, 2.45) is 0 Å². The van der Waals surface area contributed by atoms with Crippen molar-refractivity contribution in [3.63, 3.8) is 0 Å². The largest absolute Gasteiger partial charge is 0.304 e. The van der Waals surface area contributed by atoms with Gasteiger partial charge in [0, 0.05) is 11.1 Å². The normalized spacial score (nSPS) is 7.36. The number of rotatable bonds is 2. The summed E-state index contributed by atoms with van der Waals surface area (Å²) in [5.74, 6) is 0. The Labute approximate surface area is 130 Å². The van der Waals surface area contributed by atoms with Gasteiger partial charge >= 0.3 is 0 Å². The summed E-state index contributed by atoms with van der Waals surface area (Å²) in [7, 11) is 0. The molecular formula is C18H20O4. The lowest BCUT2D eigenvalue weighted by Crippen LogP contribution is -1.73. The van der Waals surface area contributed by atoms with Gasteiger partial charge in [-0.1, -0.05) is 60.7 Å². The van der Waals surface area contributed by atoms with Crippen LogP contribution in [0.4, 0.5) is 0 Å². The fraction of sp³-hybridized carbons (Fsp3) is 0.111. The highest BCUT2D eigenvalue weighted by Gasteiger charge is 1.80. The Hall–Kier alpha value is -2.88. The van der Waals surface area contributed by atoms with Gasteiger partial charge in [0.2, 0.25) is 0 Å². The maximum absolute atomic E-state index is 10.0. The molecule has 0 saturated heterocycles. The van der Waals surface area contributed by atoms with Gasteiger partial charge in [0.1, 0.15) is 25.1 Å². The van der Waals surface area contributed by atoms with Crippen LogP contribution in [0.3, 0.4) is 0 Å². The van der Waals surface area contributed by atoms with E-state index < -0.39 is 0 Å². The highest BCUT2D eigenvalue weighted by molar-refractivity contribution is 5.74. The molecule has 2 rings (SSSR count). The van der Waals surface area contributed by atoms with Crippen molar-refractivity contribution >= 4 is 25.1 Å². The van der Waals surface area contributed by atoms with E-state index >= 15 is 0 Å². The molecule has 0 radical (unpaired) electrons. The van der Waals surface area contributed by atoms with Gasteiger partial charge in [-0.3, -0.25) is 9.59 Å². The van der Waals surface area contributed by atoms with E-state index in [1.165, 1.54) is 13.8 Å². The van der Waals surface area contributed by atoms with Gasteiger partial charge in [-0.15, -0.1) is 0 Å². The summed E-state index contributed by atoms with van der Waals surface area (Å²) in [5.41, 5.74) is 1.46. The topological polar surface area (TPSA) is 68.3 Å². The van der Waals surface area contributed by atoms with Gasteiger partial charge in [-0.05, 0) is 13.8 Å². The SMILES string of the molecule is CC=O.CC=O.O=Cc1ccccc1.O=Cc1ccccc1. The van der Waals surface area contributed by atoms with E-state index in [0.29, 0.717) is 0 Å². The number of hydrogen-bond acceptors (Lipinski definition) is 4. The van der Waals surface area contributed by atoms with Gasteiger partial charge in [0.15, 0.2) is 0 Å². The molecule has 2 aromatic rings. The molecule has 116 valence electrons. The molecule has 0 aromatic heterocycles. The zero-order valence-corrected chi connectivity index (χ0v) is 12.7. The zero-order chi connectivity index (χ0) is 17.1. The second kappa shape index (κ2) is 18.1. The molecule has 0 aliphatic carbocycles. The molecule has 0 N–H and O–H groups in total. The van der Waals surface area contributed by atoms with Crippen LogP contribution in [0.2, 0.25) is 0 Å². The molecule has 0 aliphatic heterocycles. The Morgan fingerprint density at radius 3 is 0.909 bits per heavy atom. The second-order valence-corrected chi connectivity index (χ2v) is 3.53. The third-order valence-corrected chi connectivity index (χ3v) is 1.87. The summed E-state index contributed by atoms with van der Waals surface area (Å²) in [4.78, 5) is 37.6. The van der Waals surface area contributed by atoms with Crippen molar-refractivity contribution < 1.29 is 19.2 Å². The second-order valence-electron chi connectivity index (χ2n) is 3.53. The van der Waals surface area contributed by atoms with Crippen molar-refractivity contribution in [1.29, 1.82) is 0 Å². The maximum atomic E-state index is 10.0. The number of benzene rings is 2. The van der Waals surface area contributed by atoms with Crippen molar-refractivity contribution in [3.05, 3.63) is 71.8 Å². The Morgan fingerprint density at radius 2 is 0.773 bits per heavy atom. The molecule has 0 amide bonds. The Balaban J connectivity index is 0. The first-order valence-electron chi connectivity index (χ1n) is 6.50. The molecule has 0 bridgehead atoms. The molecule has 0 atom stereocenters. The molecule has 2 aromatic carbocycles. The average Bonchev–Trinajstić information content (AvgIpc) is 2.58. The fourth-order valence-corrected chi connectivity index (χ4v) is 1.06. The average molecular weight is 300 g/mol. The van der Waals surface area contributed by atoms with Gasteiger partial charge in [0.25, 0.3) is 0 Å². The Kier molecular flexibility index (Phi) is 17.6. The number of carbonyl (C=O) groups is 4. The quantitative estimate of drug-likeness (QED) is 0.797. The van der Waals surface area contributed by atoms with E-state index in [1.807, 2.05) is 36.4 Å². The summed E-state index contributed by atoms with van der Waals surface area (Å²) < 4.78 is 0. The Bertz CT molecular complexity index is 458. The van der Waals surface area contributed by atoms with Gasteiger partial charge in [0.05, 0.1) is 0 Å². The molecular weight excluding hydrogens is 280 g/mol. The van der Waals surface area contributed by atoms with Crippen molar-refractivity contribution in [2.75, 3.05) is 0 Å². The van der Waals surface area contributed by atoms with E-state index in [4.69, 9.17) is 9.59 Å². The van der Waals surface area contributed by atoms with E-state index in [1.54, 1.807) is 24.3 Å². The van der Waals surface area contributed by atoms with Crippen LogP contribution >= 0.6 is 0 Å². The molecule has 4 heteroatoms. The van der Waals surface area contributed by atoms with E-state index in [9.17, 15) is 9.59 Å². The molecule has 0 unspecified atom stereocenters. The van der Waals surface area contributed by atoms with Crippen LogP contribution in [0.15, 0.2) is 60.7 Å². The predicted octanol–water partition coefficient (Wildman–Crippen LogP) is 3.41. The lowest BCUT2D eigenvalue weighted by molar-refractivity contribution is -0.106. The van der Waals surface area contributed by atoms with Gasteiger partial charge in [-0.2, -0.15) is 0 Å². The highest BCUT2D eigenvalue weighted by atomic mass is 16.1. The van der Waals surface area contributed by atoms with E-state index in [0.717, 1.165) is 36.3 Å². The number of carbonyl (C=O) groups excluding carboxylic acids is 4. The van der Waals surface area contributed by atoms with Crippen LogP contribution in [0.25, 0.3) is 0 Å². The molecule has 0 aliphatic rings. The summed E-state index contributed by atoms with van der Waals surface area (Å²) in [6, 6.07) is 18.2. The third kappa shape index (κ3) is 15.2. The van der Waals surface area contributed by atoms with Crippen LogP contribution in [0.5, 0.6) is 0 Å². The lowest BCUT2D eigenvalue weighted by atomic mass is 10.2. The van der Waals surface area contributed by atoms with Crippen LogP contribution in [-0.2, 0) is 9.59 Å². The standard InChI is InChI=1S/2C7H6O.2C2H4O/c2*8-6-7-4-2-1-3-5-7;2*1-2-3/h2*1-6H;2*2H,1H3. The summed E-state index contributed by atoms with van der Waals surface area (Å²) in [6.07, 6.45) is 3.17. The minimum absolute atomic E-state index is 0.729. The molecule has 0 spiro atoms. The van der Waals surface area contributed by atoms with Crippen LogP contribution in [0, 0.1) is 0 Å².